The van der Waals surface area contributed by atoms with Gasteiger partial charge in [-0.2, -0.15) is 0 Å². The molecular weight excluding hydrogens is 235 g/mol. The number of rotatable bonds is 6. The molecule has 0 radical (unpaired) electrons. The zero-order valence-corrected chi connectivity index (χ0v) is 10.2. The molecule has 1 saturated carbocycles. The van der Waals surface area contributed by atoms with E-state index in [1.54, 1.807) is 0 Å². The molecule has 1 aromatic rings. The maximum absolute atomic E-state index is 13.1. The largest absolute Gasteiger partial charge is 0.312 e. The molecule has 0 heterocycles. The zero-order valence-electron chi connectivity index (χ0n) is 10.2. The first-order chi connectivity index (χ1) is 8.66. The molecular formula is C13H17FN2O2. The maximum Gasteiger partial charge on any atom is 0.274 e. The number of nitro benzene ring substituents is 1. The summed E-state index contributed by atoms with van der Waals surface area (Å²) in [6.07, 6.45) is 5.01. The van der Waals surface area contributed by atoms with Crippen LogP contribution in [-0.2, 0) is 6.54 Å². The van der Waals surface area contributed by atoms with E-state index in [0.29, 0.717) is 12.1 Å². The van der Waals surface area contributed by atoms with Crippen LogP contribution in [0.25, 0.3) is 0 Å². The molecule has 0 bridgehead atoms. The number of halogens is 1. The van der Waals surface area contributed by atoms with Gasteiger partial charge in [0.15, 0.2) is 0 Å². The minimum Gasteiger partial charge on any atom is -0.312 e. The first kappa shape index (κ1) is 13.0. The van der Waals surface area contributed by atoms with Crippen molar-refractivity contribution in [3.63, 3.8) is 0 Å². The molecule has 0 aliphatic heterocycles. The summed E-state index contributed by atoms with van der Waals surface area (Å²) in [7, 11) is 0. The summed E-state index contributed by atoms with van der Waals surface area (Å²) < 4.78 is 13.1. The molecule has 98 valence electrons. The number of nitro groups is 1. The first-order valence-corrected chi connectivity index (χ1v) is 6.30. The quantitative estimate of drug-likeness (QED) is 0.481. The average Bonchev–Trinajstić information content (AvgIpc) is 2.26. The van der Waals surface area contributed by atoms with E-state index in [4.69, 9.17) is 0 Å². The lowest BCUT2D eigenvalue weighted by Crippen LogP contribution is -2.21. The summed E-state index contributed by atoms with van der Waals surface area (Å²) in [4.78, 5) is 10.3. The van der Waals surface area contributed by atoms with E-state index in [9.17, 15) is 14.5 Å². The van der Waals surface area contributed by atoms with Crippen molar-refractivity contribution in [3.05, 3.63) is 39.7 Å². The van der Waals surface area contributed by atoms with Crippen molar-refractivity contribution >= 4 is 5.69 Å². The van der Waals surface area contributed by atoms with Gasteiger partial charge in [0, 0.05) is 18.2 Å². The van der Waals surface area contributed by atoms with Crippen LogP contribution in [-0.4, -0.2) is 11.5 Å². The highest BCUT2D eigenvalue weighted by Crippen LogP contribution is 2.28. The molecule has 0 amide bonds. The Morgan fingerprint density at radius 1 is 1.44 bits per heavy atom. The molecule has 0 spiro atoms. The van der Waals surface area contributed by atoms with Crippen LogP contribution in [0.5, 0.6) is 0 Å². The molecule has 18 heavy (non-hydrogen) atoms. The Balaban J connectivity index is 1.86. The molecule has 1 aromatic carbocycles. The van der Waals surface area contributed by atoms with Crippen molar-refractivity contribution in [2.45, 2.75) is 32.2 Å². The maximum atomic E-state index is 13.1. The summed E-state index contributed by atoms with van der Waals surface area (Å²) in [6, 6.07) is 3.57. The molecule has 0 unspecified atom stereocenters. The van der Waals surface area contributed by atoms with Gasteiger partial charge >= 0.3 is 0 Å². The number of benzene rings is 1. The third-order valence-corrected chi connectivity index (χ3v) is 3.51. The highest BCUT2D eigenvalue weighted by molar-refractivity contribution is 5.40. The molecule has 1 fully saturated rings. The van der Waals surface area contributed by atoms with Gasteiger partial charge < -0.3 is 5.32 Å². The number of hydrogen-bond acceptors (Lipinski definition) is 3. The minimum absolute atomic E-state index is 0.0208. The Labute approximate surface area is 105 Å². The van der Waals surface area contributed by atoms with Gasteiger partial charge in [-0.25, -0.2) is 4.39 Å². The van der Waals surface area contributed by atoms with E-state index in [1.165, 1.54) is 31.4 Å². The summed E-state index contributed by atoms with van der Waals surface area (Å²) in [5.41, 5.74) is 0.390. The van der Waals surface area contributed by atoms with E-state index in [2.05, 4.69) is 5.32 Å². The van der Waals surface area contributed by atoms with Crippen molar-refractivity contribution in [1.82, 2.24) is 5.32 Å². The van der Waals surface area contributed by atoms with Crippen LogP contribution in [0.3, 0.4) is 0 Å². The van der Waals surface area contributed by atoms with Crippen LogP contribution in [0.4, 0.5) is 10.1 Å². The third-order valence-electron chi connectivity index (χ3n) is 3.51. The van der Waals surface area contributed by atoms with Gasteiger partial charge in [-0.1, -0.05) is 19.3 Å². The number of nitrogens with one attached hydrogen (secondary N) is 1. The van der Waals surface area contributed by atoms with Crippen LogP contribution in [0.2, 0.25) is 0 Å². The lowest BCUT2D eigenvalue weighted by Gasteiger charge is -2.25. The normalized spacial score (nSPS) is 15.4. The van der Waals surface area contributed by atoms with Crippen LogP contribution < -0.4 is 5.32 Å². The smallest absolute Gasteiger partial charge is 0.274 e. The minimum atomic E-state index is -0.470. The Morgan fingerprint density at radius 3 is 2.83 bits per heavy atom. The standard InChI is InChI=1S/C13H17FN2O2/c14-12-4-5-13(16(17)18)11(8-12)9-15-7-6-10-2-1-3-10/h4-5,8,10,15H,1-3,6-7,9H2. The van der Waals surface area contributed by atoms with Crippen molar-refractivity contribution < 1.29 is 9.31 Å². The predicted octanol–water partition coefficient (Wildman–Crippen LogP) is 3.01. The highest BCUT2D eigenvalue weighted by atomic mass is 19.1. The van der Waals surface area contributed by atoms with Gasteiger partial charge in [-0.3, -0.25) is 10.1 Å². The van der Waals surface area contributed by atoms with Gasteiger partial charge in [0.25, 0.3) is 5.69 Å². The molecule has 0 atom stereocenters. The van der Waals surface area contributed by atoms with Gasteiger partial charge in [0.05, 0.1) is 4.92 Å². The van der Waals surface area contributed by atoms with E-state index in [1.807, 2.05) is 0 Å². The summed E-state index contributed by atoms with van der Waals surface area (Å²) in [5.74, 6) is 0.372. The Kier molecular flexibility index (Phi) is 4.25. The van der Waals surface area contributed by atoms with Crippen LogP contribution in [0.1, 0.15) is 31.2 Å². The van der Waals surface area contributed by atoms with E-state index in [0.717, 1.165) is 24.9 Å². The fraction of sp³-hybridized carbons (Fsp3) is 0.538. The lowest BCUT2D eigenvalue weighted by atomic mass is 9.83. The molecule has 2 rings (SSSR count). The van der Waals surface area contributed by atoms with Crippen molar-refractivity contribution in [1.29, 1.82) is 0 Å². The van der Waals surface area contributed by atoms with E-state index in [-0.39, 0.29) is 5.69 Å². The van der Waals surface area contributed by atoms with Crippen LogP contribution in [0, 0.1) is 21.8 Å². The van der Waals surface area contributed by atoms with Gasteiger partial charge in [0.1, 0.15) is 5.82 Å². The van der Waals surface area contributed by atoms with Gasteiger partial charge in [-0.15, -0.1) is 0 Å². The lowest BCUT2D eigenvalue weighted by molar-refractivity contribution is -0.385. The second-order valence-corrected chi connectivity index (χ2v) is 4.79. The molecule has 4 nitrogen and oxygen atoms in total. The summed E-state index contributed by atoms with van der Waals surface area (Å²) in [5, 5.41) is 13.9. The van der Waals surface area contributed by atoms with Crippen molar-refractivity contribution in [3.8, 4) is 0 Å². The Bertz CT molecular complexity index is 433. The monoisotopic (exact) mass is 252 g/mol. The predicted molar refractivity (Wildman–Crippen MR) is 66.7 cm³/mol. The Morgan fingerprint density at radius 2 is 2.22 bits per heavy atom. The average molecular weight is 252 g/mol. The van der Waals surface area contributed by atoms with E-state index < -0.39 is 10.7 Å². The third kappa shape index (κ3) is 3.26. The fourth-order valence-electron chi connectivity index (χ4n) is 2.18. The molecule has 1 aliphatic carbocycles. The number of hydrogen-bond donors (Lipinski definition) is 1. The highest BCUT2D eigenvalue weighted by Gasteiger charge is 2.17. The molecule has 5 heteroatoms. The first-order valence-electron chi connectivity index (χ1n) is 6.30. The van der Waals surface area contributed by atoms with Crippen molar-refractivity contribution in [2.75, 3.05) is 6.54 Å². The summed E-state index contributed by atoms with van der Waals surface area (Å²) >= 11 is 0. The molecule has 0 aromatic heterocycles. The van der Waals surface area contributed by atoms with Gasteiger partial charge in [-0.05, 0) is 31.0 Å². The SMILES string of the molecule is O=[N+]([O-])c1ccc(F)cc1CNCCC1CCC1. The van der Waals surface area contributed by atoms with Crippen LogP contribution in [0.15, 0.2) is 18.2 Å². The van der Waals surface area contributed by atoms with Crippen molar-refractivity contribution in [2.24, 2.45) is 5.92 Å². The summed E-state index contributed by atoms with van der Waals surface area (Å²) in [6.45, 7) is 1.18. The second kappa shape index (κ2) is 5.91. The fourth-order valence-corrected chi connectivity index (χ4v) is 2.18. The van der Waals surface area contributed by atoms with Crippen LogP contribution >= 0.6 is 0 Å². The molecule has 1 aliphatic rings. The number of nitrogens with zero attached hydrogens (tertiary/aromatic N) is 1. The second-order valence-electron chi connectivity index (χ2n) is 4.79. The zero-order chi connectivity index (χ0) is 13.0. The molecule has 0 saturated heterocycles. The molecule has 1 N–H and O–H groups in total. The topological polar surface area (TPSA) is 55.2 Å². The Hall–Kier alpha value is -1.49. The van der Waals surface area contributed by atoms with Gasteiger partial charge in [0.2, 0.25) is 0 Å². The van der Waals surface area contributed by atoms with E-state index >= 15 is 0 Å².